The second kappa shape index (κ2) is 5.85. The van der Waals surface area contributed by atoms with Crippen molar-refractivity contribution >= 4 is 0 Å². The van der Waals surface area contributed by atoms with E-state index in [1.807, 2.05) is 32.0 Å². The van der Waals surface area contributed by atoms with E-state index in [0.717, 1.165) is 16.9 Å². The topological polar surface area (TPSA) is 35.2 Å². The number of hydrogen-bond acceptors (Lipinski definition) is 2. The summed E-state index contributed by atoms with van der Waals surface area (Å²) in [6, 6.07) is 10.4. The highest BCUT2D eigenvalue weighted by atomic mass is 19.1. The maximum absolute atomic E-state index is 13.3. The van der Waals surface area contributed by atoms with Crippen LogP contribution in [0.2, 0.25) is 0 Å². The summed E-state index contributed by atoms with van der Waals surface area (Å²) in [5.41, 5.74) is 8.60. The van der Waals surface area contributed by atoms with E-state index in [2.05, 4.69) is 0 Å². The van der Waals surface area contributed by atoms with Gasteiger partial charge in [0.1, 0.15) is 17.3 Å². The SMILES string of the molecule is Cc1cccc(Oc2ccc(F)cc2CCN)c1C. The molecule has 0 amide bonds. The standard InChI is InChI=1S/C16H18FNO/c1-11-4-3-5-15(12(11)2)19-16-7-6-14(17)10-13(16)8-9-18/h3-7,10H,8-9,18H2,1-2H3. The van der Waals surface area contributed by atoms with Crippen LogP contribution in [-0.2, 0) is 6.42 Å². The third-order valence-corrected chi connectivity index (χ3v) is 3.21. The molecule has 0 saturated heterocycles. The third-order valence-electron chi connectivity index (χ3n) is 3.21. The molecule has 0 bridgehead atoms. The molecule has 0 heterocycles. The number of halogens is 1. The largest absolute Gasteiger partial charge is 0.457 e. The number of hydrogen-bond donors (Lipinski definition) is 1. The molecule has 2 aromatic carbocycles. The van der Waals surface area contributed by atoms with Crippen molar-refractivity contribution in [1.29, 1.82) is 0 Å². The second-order valence-electron chi connectivity index (χ2n) is 4.59. The van der Waals surface area contributed by atoms with E-state index in [1.165, 1.54) is 17.7 Å². The van der Waals surface area contributed by atoms with Crippen LogP contribution >= 0.6 is 0 Å². The Bertz CT molecular complexity index is 581. The Morgan fingerprint density at radius 3 is 2.63 bits per heavy atom. The summed E-state index contributed by atoms with van der Waals surface area (Å²) in [5, 5.41) is 0. The van der Waals surface area contributed by atoms with Crippen molar-refractivity contribution in [1.82, 2.24) is 0 Å². The molecule has 0 atom stereocenters. The van der Waals surface area contributed by atoms with Gasteiger partial charge in [-0.2, -0.15) is 0 Å². The van der Waals surface area contributed by atoms with Crippen molar-refractivity contribution < 1.29 is 9.13 Å². The minimum atomic E-state index is -0.267. The third kappa shape index (κ3) is 3.12. The number of rotatable bonds is 4. The Balaban J connectivity index is 2.35. The van der Waals surface area contributed by atoms with Crippen LogP contribution in [0.3, 0.4) is 0 Å². The fraction of sp³-hybridized carbons (Fsp3) is 0.250. The zero-order chi connectivity index (χ0) is 13.8. The van der Waals surface area contributed by atoms with Crippen molar-refractivity contribution in [2.45, 2.75) is 20.3 Å². The molecule has 0 aromatic heterocycles. The maximum atomic E-state index is 13.3. The molecule has 3 heteroatoms. The molecule has 2 N–H and O–H groups in total. The van der Waals surface area contributed by atoms with Gasteiger partial charge in [0.15, 0.2) is 0 Å². The molecular formula is C16H18FNO. The Labute approximate surface area is 113 Å². The summed E-state index contributed by atoms with van der Waals surface area (Å²) in [4.78, 5) is 0. The van der Waals surface area contributed by atoms with Crippen LogP contribution in [0.1, 0.15) is 16.7 Å². The molecule has 2 aromatic rings. The highest BCUT2D eigenvalue weighted by Gasteiger charge is 2.08. The zero-order valence-electron chi connectivity index (χ0n) is 11.2. The monoisotopic (exact) mass is 259 g/mol. The van der Waals surface area contributed by atoms with Crippen LogP contribution in [0, 0.1) is 19.7 Å². The van der Waals surface area contributed by atoms with Gasteiger partial charge in [-0.25, -0.2) is 4.39 Å². The van der Waals surface area contributed by atoms with Gasteiger partial charge in [0.2, 0.25) is 0 Å². The lowest BCUT2D eigenvalue weighted by atomic mass is 10.1. The van der Waals surface area contributed by atoms with Crippen LogP contribution < -0.4 is 10.5 Å². The molecule has 2 rings (SSSR count). The maximum Gasteiger partial charge on any atom is 0.130 e. The van der Waals surface area contributed by atoms with Crippen molar-refractivity contribution in [3.8, 4) is 11.5 Å². The van der Waals surface area contributed by atoms with Crippen LogP contribution in [0.4, 0.5) is 4.39 Å². The first-order valence-corrected chi connectivity index (χ1v) is 6.34. The normalized spacial score (nSPS) is 10.5. The van der Waals surface area contributed by atoms with Gasteiger partial charge in [0.05, 0.1) is 0 Å². The second-order valence-corrected chi connectivity index (χ2v) is 4.59. The predicted octanol–water partition coefficient (Wildman–Crippen LogP) is 3.74. The minimum absolute atomic E-state index is 0.267. The lowest BCUT2D eigenvalue weighted by molar-refractivity contribution is 0.469. The summed E-state index contributed by atoms with van der Waals surface area (Å²) in [6.45, 7) is 4.51. The fourth-order valence-corrected chi connectivity index (χ4v) is 1.95. The lowest BCUT2D eigenvalue weighted by Gasteiger charge is -2.13. The fourth-order valence-electron chi connectivity index (χ4n) is 1.95. The number of ether oxygens (including phenoxy) is 1. The first-order chi connectivity index (χ1) is 9.11. The van der Waals surface area contributed by atoms with E-state index in [9.17, 15) is 4.39 Å². The summed E-state index contributed by atoms with van der Waals surface area (Å²) in [5.74, 6) is 1.20. The molecule has 0 spiro atoms. The van der Waals surface area contributed by atoms with Gasteiger partial charge in [-0.15, -0.1) is 0 Å². The lowest BCUT2D eigenvalue weighted by Crippen LogP contribution is -2.04. The number of aryl methyl sites for hydroxylation is 1. The van der Waals surface area contributed by atoms with Gasteiger partial charge in [-0.05, 0) is 67.8 Å². The van der Waals surface area contributed by atoms with E-state index in [4.69, 9.17) is 10.5 Å². The van der Waals surface area contributed by atoms with Crippen molar-refractivity contribution in [2.75, 3.05) is 6.54 Å². The van der Waals surface area contributed by atoms with E-state index in [-0.39, 0.29) is 5.82 Å². The molecule has 2 nitrogen and oxygen atoms in total. The summed E-state index contributed by atoms with van der Waals surface area (Å²) in [6.07, 6.45) is 0.595. The molecule has 19 heavy (non-hydrogen) atoms. The number of nitrogens with two attached hydrogens (primary N) is 1. The Kier molecular flexibility index (Phi) is 4.17. The molecule has 0 fully saturated rings. The molecule has 0 radical (unpaired) electrons. The van der Waals surface area contributed by atoms with Gasteiger partial charge < -0.3 is 10.5 Å². The van der Waals surface area contributed by atoms with Crippen LogP contribution in [0.15, 0.2) is 36.4 Å². The van der Waals surface area contributed by atoms with E-state index in [1.54, 1.807) is 6.07 Å². The van der Waals surface area contributed by atoms with Crippen LogP contribution in [0.5, 0.6) is 11.5 Å². The molecule has 0 aliphatic heterocycles. The highest BCUT2D eigenvalue weighted by molar-refractivity contribution is 5.44. The first-order valence-electron chi connectivity index (χ1n) is 6.34. The molecule has 100 valence electrons. The molecule has 0 aliphatic rings. The van der Waals surface area contributed by atoms with E-state index in [0.29, 0.717) is 18.7 Å². The van der Waals surface area contributed by atoms with Crippen molar-refractivity contribution in [3.63, 3.8) is 0 Å². The quantitative estimate of drug-likeness (QED) is 0.907. The predicted molar refractivity (Wildman–Crippen MR) is 75.1 cm³/mol. The Hall–Kier alpha value is -1.87. The molecular weight excluding hydrogens is 241 g/mol. The summed E-state index contributed by atoms with van der Waals surface area (Å²) < 4.78 is 19.2. The summed E-state index contributed by atoms with van der Waals surface area (Å²) >= 11 is 0. The first kappa shape index (κ1) is 13.6. The minimum Gasteiger partial charge on any atom is -0.457 e. The van der Waals surface area contributed by atoms with Gasteiger partial charge in [0, 0.05) is 0 Å². The zero-order valence-corrected chi connectivity index (χ0v) is 11.2. The molecule has 0 aliphatic carbocycles. The van der Waals surface area contributed by atoms with Gasteiger partial charge in [-0.1, -0.05) is 12.1 Å². The Morgan fingerprint density at radius 2 is 1.89 bits per heavy atom. The molecule has 0 unspecified atom stereocenters. The highest BCUT2D eigenvalue weighted by Crippen LogP contribution is 2.29. The van der Waals surface area contributed by atoms with Crippen molar-refractivity contribution in [2.24, 2.45) is 5.73 Å². The van der Waals surface area contributed by atoms with Gasteiger partial charge >= 0.3 is 0 Å². The molecule has 0 saturated carbocycles. The smallest absolute Gasteiger partial charge is 0.130 e. The van der Waals surface area contributed by atoms with Gasteiger partial charge in [-0.3, -0.25) is 0 Å². The van der Waals surface area contributed by atoms with Crippen LogP contribution in [0.25, 0.3) is 0 Å². The van der Waals surface area contributed by atoms with Crippen molar-refractivity contribution in [3.05, 3.63) is 58.9 Å². The van der Waals surface area contributed by atoms with E-state index >= 15 is 0 Å². The van der Waals surface area contributed by atoms with Gasteiger partial charge in [0.25, 0.3) is 0 Å². The van der Waals surface area contributed by atoms with E-state index < -0.39 is 0 Å². The average Bonchev–Trinajstić information content (AvgIpc) is 2.38. The summed E-state index contributed by atoms with van der Waals surface area (Å²) in [7, 11) is 0. The number of benzene rings is 2. The average molecular weight is 259 g/mol. The Morgan fingerprint density at radius 1 is 1.11 bits per heavy atom. The van der Waals surface area contributed by atoms with Crippen LogP contribution in [-0.4, -0.2) is 6.54 Å².